The van der Waals surface area contributed by atoms with Crippen molar-refractivity contribution < 1.29 is 14.4 Å². The van der Waals surface area contributed by atoms with E-state index >= 15 is 0 Å². The van der Waals surface area contributed by atoms with Gasteiger partial charge in [0.2, 0.25) is 11.7 Å². The number of carbonyl (C=O) groups excluding carboxylic acids is 1. The number of rotatable bonds is 12. The van der Waals surface area contributed by atoms with Crippen LogP contribution in [-0.2, 0) is 28.0 Å². The van der Waals surface area contributed by atoms with Gasteiger partial charge in [-0.1, -0.05) is 62.3 Å². The third kappa shape index (κ3) is 7.59. The number of hydrogen-bond donors (Lipinski definition) is 1. The van der Waals surface area contributed by atoms with Crippen LogP contribution in [-0.4, -0.2) is 54.1 Å². The Hall–Kier alpha value is -3.31. The van der Waals surface area contributed by atoms with Gasteiger partial charge in [0.1, 0.15) is 11.3 Å². The van der Waals surface area contributed by atoms with Gasteiger partial charge in [0.05, 0.1) is 11.6 Å². The lowest BCUT2D eigenvalue weighted by Gasteiger charge is -2.24. The molecule has 1 aromatic carbocycles. The van der Waals surface area contributed by atoms with E-state index in [0.29, 0.717) is 34.9 Å². The number of aryl methyl sites for hydroxylation is 1. The molecule has 0 saturated carbocycles. The Balaban J connectivity index is 1.68. The number of ether oxygens (including phenoxy) is 1. The Labute approximate surface area is 209 Å². The fourth-order valence-electron chi connectivity index (χ4n) is 3.14. The SMILES string of the molecule is CCOC(SC(C)C)C(C)C(=O)Nc1cccc(CON=C(c2ccccc2)c2nnnn2C)n1. The summed E-state index contributed by atoms with van der Waals surface area (Å²) >= 11 is 1.63. The second-order valence-electron chi connectivity index (χ2n) is 8.01. The van der Waals surface area contributed by atoms with Gasteiger partial charge in [-0.2, -0.15) is 0 Å². The maximum atomic E-state index is 12.8. The number of carbonyl (C=O) groups is 1. The van der Waals surface area contributed by atoms with Crippen LogP contribution in [0.15, 0.2) is 53.7 Å². The van der Waals surface area contributed by atoms with E-state index in [0.717, 1.165) is 5.56 Å². The number of aromatic nitrogens is 5. The van der Waals surface area contributed by atoms with Gasteiger partial charge in [-0.3, -0.25) is 4.79 Å². The van der Waals surface area contributed by atoms with Gasteiger partial charge >= 0.3 is 0 Å². The molecule has 3 rings (SSSR count). The van der Waals surface area contributed by atoms with E-state index in [4.69, 9.17) is 9.57 Å². The van der Waals surface area contributed by atoms with Crippen molar-refractivity contribution in [2.45, 2.75) is 45.0 Å². The first-order chi connectivity index (χ1) is 16.9. The Morgan fingerprint density at radius 3 is 2.57 bits per heavy atom. The number of anilines is 1. The van der Waals surface area contributed by atoms with Crippen molar-refractivity contribution in [2.75, 3.05) is 11.9 Å². The fourth-order valence-corrected chi connectivity index (χ4v) is 4.25. The first-order valence-electron chi connectivity index (χ1n) is 11.4. The summed E-state index contributed by atoms with van der Waals surface area (Å²) in [5, 5.41) is 19.1. The smallest absolute Gasteiger partial charge is 0.231 e. The minimum atomic E-state index is -0.345. The molecule has 186 valence electrons. The van der Waals surface area contributed by atoms with Crippen molar-refractivity contribution in [2.24, 2.45) is 18.1 Å². The lowest BCUT2D eigenvalue weighted by Crippen LogP contribution is -2.32. The fraction of sp³-hybridized carbons (Fsp3) is 0.417. The summed E-state index contributed by atoms with van der Waals surface area (Å²) in [7, 11) is 1.73. The van der Waals surface area contributed by atoms with Gasteiger partial charge in [-0.15, -0.1) is 16.9 Å². The Kier molecular flexibility index (Phi) is 9.74. The van der Waals surface area contributed by atoms with E-state index in [-0.39, 0.29) is 23.9 Å². The Morgan fingerprint density at radius 2 is 1.91 bits per heavy atom. The number of tetrazole rings is 1. The van der Waals surface area contributed by atoms with E-state index in [2.05, 4.69) is 44.8 Å². The molecule has 1 amide bonds. The molecule has 10 nitrogen and oxygen atoms in total. The van der Waals surface area contributed by atoms with Crippen LogP contribution in [0.3, 0.4) is 0 Å². The third-order valence-corrected chi connectivity index (χ3v) is 6.22. The second kappa shape index (κ2) is 13.0. The van der Waals surface area contributed by atoms with Crippen LogP contribution >= 0.6 is 11.8 Å². The molecule has 0 aliphatic carbocycles. The van der Waals surface area contributed by atoms with Crippen LogP contribution in [0.2, 0.25) is 0 Å². The molecule has 35 heavy (non-hydrogen) atoms. The lowest BCUT2D eigenvalue weighted by atomic mass is 10.1. The Morgan fingerprint density at radius 1 is 1.14 bits per heavy atom. The number of oxime groups is 1. The zero-order valence-electron chi connectivity index (χ0n) is 20.6. The predicted molar refractivity (Wildman–Crippen MR) is 136 cm³/mol. The number of pyridine rings is 1. The summed E-state index contributed by atoms with van der Waals surface area (Å²) in [6.07, 6.45) is 0. The number of amides is 1. The van der Waals surface area contributed by atoms with Gasteiger partial charge < -0.3 is 14.9 Å². The highest BCUT2D eigenvalue weighted by Crippen LogP contribution is 2.26. The molecule has 0 bridgehead atoms. The average Bonchev–Trinajstić information content (AvgIpc) is 3.27. The minimum absolute atomic E-state index is 0.103. The molecule has 1 N–H and O–H groups in total. The van der Waals surface area contributed by atoms with Crippen LogP contribution in [0.1, 0.15) is 44.8 Å². The maximum Gasteiger partial charge on any atom is 0.231 e. The average molecular weight is 498 g/mol. The van der Waals surface area contributed by atoms with Crippen molar-refractivity contribution in [3.05, 3.63) is 65.6 Å². The summed E-state index contributed by atoms with van der Waals surface area (Å²) in [6.45, 7) is 8.60. The largest absolute Gasteiger partial charge is 0.389 e. The summed E-state index contributed by atoms with van der Waals surface area (Å²) < 4.78 is 7.31. The van der Waals surface area contributed by atoms with Crippen LogP contribution in [0.4, 0.5) is 5.82 Å². The second-order valence-corrected chi connectivity index (χ2v) is 9.69. The predicted octanol–water partition coefficient (Wildman–Crippen LogP) is 3.65. The van der Waals surface area contributed by atoms with Crippen molar-refractivity contribution in [1.29, 1.82) is 0 Å². The highest BCUT2D eigenvalue weighted by atomic mass is 32.2. The maximum absolute atomic E-state index is 12.8. The zero-order chi connectivity index (χ0) is 25.2. The number of nitrogens with one attached hydrogen (secondary N) is 1. The van der Waals surface area contributed by atoms with Crippen LogP contribution in [0, 0.1) is 5.92 Å². The summed E-state index contributed by atoms with van der Waals surface area (Å²) in [6, 6.07) is 14.9. The summed E-state index contributed by atoms with van der Waals surface area (Å²) in [5.41, 5.74) is 1.70. The molecule has 0 aliphatic heterocycles. The molecule has 0 aliphatic rings. The highest BCUT2D eigenvalue weighted by molar-refractivity contribution is 8.00. The van der Waals surface area contributed by atoms with Crippen LogP contribution in [0.5, 0.6) is 0 Å². The van der Waals surface area contributed by atoms with E-state index in [1.165, 1.54) is 4.68 Å². The van der Waals surface area contributed by atoms with Gasteiger partial charge in [-0.05, 0) is 29.5 Å². The number of thioether (sulfide) groups is 1. The molecule has 2 aromatic heterocycles. The van der Waals surface area contributed by atoms with E-state index in [1.54, 1.807) is 30.9 Å². The monoisotopic (exact) mass is 497 g/mol. The molecule has 2 heterocycles. The third-order valence-electron chi connectivity index (χ3n) is 4.86. The van der Waals surface area contributed by atoms with E-state index < -0.39 is 0 Å². The van der Waals surface area contributed by atoms with Gasteiger partial charge in [0.15, 0.2) is 12.3 Å². The molecular weight excluding hydrogens is 466 g/mol. The number of hydrogen-bond acceptors (Lipinski definition) is 9. The molecule has 3 aromatic rings. The zero-order valence-corrected chi connectivity index (χ0v) is 21.4. The molecular formula is C24H31N7O3S. The standard InChI is InChI=1S/C24H31N7O3S/c1-6-33-24(35-16(2)3)17(4)23(32)26-20-14-10-13-19(25-20)15-34-28-21(18-11-8-7-9-12-18)22-27-29-30-31(22)5/h7-14,16-17,24H,6,15H2,1-5H3,(H,25,26,32). The lowest BCUT2D eigenvalue weighted by molar-refractivity contribution is -0.121. The first-order valence-corrected chi connectivity index (χ1v) is 12.3. The molecule has 0 radical (unpaired) electrons. The first kappa shape index (κ1) is 26.3. The van der Waals surface area contributed by atoms with E-state index in [9.17, 15) is 4.79 Å². The van der Waals surface area contributed by atoms with Crippen molar-refractivity contribution >= 4 is 29.2 Å². The topological polar surface area (TPSA) is 116 Å². The summed E-state index contributed by atoms with van der Waals surface area (Å²) in [5.74, 6) is 0.420. The summed E-state index contributed by atoms with van der Waals surface area (Å²) in [4.78, 5) is 22.9. The molecule has 0 spiro atoms. The van der Waals surface area contributed by atoms with E-state index in [1.807, 2.05) is 50.2 Å². The van der Waals surface area contributed by atoms with Crippen molar-refractivity contribution in [1.82, 2.24) is 25.2 Å². The normalized spacial score (nSPS) is 13.5. The molecule has 2 unspecified atom stereocenters. The molecule has 11 heteroatoms. The van der Waals surface area contributed by atoms with Crippen LogP contribution < -0.4 is 5.32 Å². The number of benzene rings is 1. The quantitative estimate of drug-likeness (QED) is 0.229. The molecule has 2 atom stereocenters. The van der Waals surface area contributed by atoms with Gasteiger partial charge in [0, 0.05) is 24.5 Å². The van der Waals surface area contributed by atoms with Crippen molar-refractivity contribution in [3.63, 3.8) is 0 Å². The van der Waals surface area contributed by atoms with Crippen LogP contribution in [0.25, 0.3) is 0 Å². The van der Waals surface area contributed by atoms with Crippen molar-refractivity contribution in [3.8, 4) is 0 Å². The molecule has 0 fully saturated rings. The minimum Gasteiger partial charge on any atom is -0.389 e. The Bertz CT molecular complexity index is 1120. The van der Waals surface area contributed by atoms with Gasteiger partial charge in [0.25, 0.3) is 0 Å². The number of nitrogens with zero attached hydrogens (tertiary/aromatic N) is 6. The highest BCUT2D eigenvalue weighted by Gasteiger charge is 2.26. The van der Waals surface area contributed by atoms with Gasteiger partial charge in [-0.25, -0.2) is 9.67 Å². The molecule has 0 saturated heterocycles.